The largest absolute Gasteiger partial charge is 0.444 e. The molecule has 1 fully saturated rings. The highest BCUT2D eigenvalue weighted by Crippen LogP contribution is 2.28. The van der Waals surface area contributed by atoms with Gasteiger partial charge in [0.1, 0.15) is 5.60 Å². The Kier molecular flexibility index (Phi) is 5.45. The molecular formula is C23H29N5O2. The zero-order valence-electron chi connectivity index (χ0n) is 18.1. The second-order valence-electron chi connectivity index (χ2n) is 9.01. The Labute approximate surface area is 177 Å². The summed E-state index contributed by atoms with van der Waals surface area (Å²) in [5.74, 6) is 0.366. The van der Waals surface area contributed by atoms with Crippen LogP contribution in [0.25, 0.3) is 16.8 Å². The molecule has 1 atom stereocenters. The second-order valence-corrected chi connectivity index (χ2v) is 9.01. The lowest BCUT2D eigenvalue weighted by Gasteiger charge is -2.34. The van der Waals surface area contributed by atoms with E-state index in [-0.39, 0.29) is 6.09 Å². The summed E-state index contributed by atoms with van der Waals surface area (Å²) in [5, 5.41) is 4.79. The fraction of sp³-hybridized carbons (Fsp3) is 0.478. The van der Waals surface area contributed by atoms with Crippen molar-refractivity contribution in [3.63, 3.8) is 0 Å². The van der Waals surface area contributed by atoms with E-state index >= 15 is 0 Å². The smallest absolute Gasteiger partial charge is 0.410 e. The van der Waals surface area contributed by atoms with Crippen molar-refractivity contribution < 1.29 is 9.53 Å². The van der Waals surface area contributed by atoms with Gasteiger partial charge in [-0.15, -0.1) is 0 Å². The number of hydrogen-bond donors (Lipinski definition) is 0. The minimum Gasteiger partial charge on any atom is -0.444 e. The number of amides is 1. The molecule has 0 bridgehead atoms. The fourth-order valence-corrected chi connectivity index (χ4v) is 4.13. The van der Waals surface area contributed by atoms with Crippen LogP contribution in [0.2, 0.25) is 0 Å². The zero-order valence-corrected chi connectivity index (χ0v) is 18.1. The molecular weight excluding hydrogens is 378 g/mol. The molecule has 0 aliphatic carbocycles. The lowest BCUT2D eigenvalue weighted by molar-refractivity contribution is 0.0165. The van der Waals surface area contributed by atoms with Crippen LogP contribution in [0.1, 0.15) is 45.0 Å². The topological polar surface area (TPSA) is 72.6 Å². The Morgan fingerprint density at radius 3 is 2.70 bits per heavy atom. The first kappa shape index (κ1) is 20.3. The van der Waals surface area contributed by atoms with Gasteiger partial charge in [-0.1, -0.05) is 0 Å². The number of rotatable bonds is 3. The fourth-order valence-electron chi connectivity index (χ4n) is 4.13. The number of ether oxygens (including phenoxy) is 1. The number of fused-ring (bicyclic) bond motifs is 1. The van der Waals surface area contributed by atoms with Crippen molar-refractivity contribution >= 4 is 11.7 Å². The predicted octanol–water partition coefficient (Wildman–Crippen LogP) is 4.29. The summed E-state index contributed by atoms with van der Waals surface area (Å²) in [7, 11) is 0. The van der Waals surface area contributed by atoms with Gasteiger partial charge >= 0.3 is 6.09 Å². The van der Waals surface area contributed by atoms with Crippen LogP contribution in [0.3, 0.4) is 0 Å². The number of aromatic nitrogens is 4. The highest BCUT2D eigenvalue weighted by Gasteiger charge is 2.28. The van der Waals surface area contributed by atoms with Crippen molar-refractivity contribution in [1.29, 1.82) is 0 Å². The number of pyridine rings is 1. The quantitative estimate of drug-likeness (QED) is 0.648. The maximum Gasteiger partial charge on any atom is 0.410 e. The van der Waals surface area contributed by atoms with E-state index in [2.05, 4.69) is 9.97 Å². The van der Waals surface area contributed by atoms with Gasteiger partial charge in [-0.25, -0.2) is 14.3 Å². The molecule has 0 radical (unpaired) electrons. The highest BCUT2D eigenvalue weighted by atomic mass is 16.6. The van der Waals surface area contributed by atoms with E-state index in [9.17, 15) is 4.79 Å². The van der Waals surface area contributed by atoms with Crippen LogP contribution in [-0.2, 0) is 11.2 Å². The maximum atomic E-state index is 12.5. The molecule has 0 N–H and O–H groups in total. The molecule has 1 amide bonds. The average molecular weight is 408 g/mol. The van der Waals surface area contributed by atoms with Gasteiger partial charge in [-0.2, -0.15) is 5.10 Å². The molecule has 1 saturated heterocycles. The van der Waals surface area contributed by atoms with E-state index in [1.54, 1.807) is 12.4 Å². The molecule has 7 heteroatoms. The van der Waals surface area contributed by atoms with Crippen molar-refractivity contribution in [2.75, 3.05) is 13.1 Å². The molecule has 158 valence electrons. The SMILES string of the molecule is Cc1nn2c(CC3CCCN(C(=O)OC(C)(C)C)C3)ccnc2c1-c1ccncc1. The molecule has 4 heterocycles. The monoisotopic (exact) mass is 407 g/mol. The number of nitrogens with zero attached hydrogens (tertiary/aromatic N) is 5. The van der Waals surface area contributed by atoms with Gasteiger partial charge in [0.05, 0.1) is 5.69 Å². The molecule has 1 aliphatic rings. The van der Waals surface area contributed by atoms with Crippen molar-refractivity contribution in [3.8, 4) is 11.1 Å². The van der Waals surface area contributed by atoms with E-state index in [1.165, 1.54) is 0 Å². The lowest BCUT2D eigenvalue weighted by Crippen LogP contribution is -2.43. The summed E-state index contributed by atoms with van der Waals surface area (Å²) >= 11 is 0. The maximum absolute atomic E-state index is 12.5. The number of likely N-dealkylation sites (tertiary alicyclic amines) is 1. The van der Waals surface area contributed by atoms with Crippen LogP contribution in [0.15, 0.2) is 36.8 Å². The van der Waals surface area contributed by atoms with Gasteiger partial charge in [0.15, 0.2) is 5.65 Å². The molecule has 0 spiro atoms. The van der Waals surface area contributed by atoms with Crippen LogP contribution in [0.5, 0.6) is 0 Å². The summed E-state index contributed by atoms with van der Waals surface area (Å²) in [6.45, 7) is 9.18. The molecule has 1 unspecified atom stereocenters. The van der Waals surface area contributed by atoms with Gasteiger partial charge in [0.25, 0.3) is 0 Å². The average Bonchev–Trinajstić information content (AvgIpc) is 3.04. The molecule has 7 nitrogen and oxygen atoms in total. The summed E-state index contributed by atoms with van der Waals surface area (Å²) < 4.78 is 7.52. The van der Waals surface area contributed by atoms with E-state index in [4.69, 9.17) is 9.84 Å². The molecule has 4 rings (SSSR count). The van der Waals surface area contributed by atoms with Crippen molar-refractivity contribution in [2.45, 2.75) is 52.6 Å². The summed E-state index contributed by atoms with van der Waals surface area (Å²) in [6, 6.07) is 6.00. The van der Waals surface area contributed by atoms with Crippen LogP contribution in [0.4, 0.5) is 4.79 Å². The first-order chi connectivity index (χ1) is 14.3. The third-order valence-electron chi connectivity index (χ3n) is 5.41. The number of carbonyl (C=O) groups excluding carboxylic acids is 1. The molecule has 0 aromatic carbocycles. The van der Waals surface area contributed by atoms with Crippen LogP contribution < -0.4 is 0 Å². The third kappa shape index (κ3) is 4.30. The summed E-state index contributed by atoms with van der Waals surface area (Å²) in [6.07, 6.45) is 8.12. The number of carbonyl (C=O) groups is 1. The normalized spacial score (nSPS) is 17.3. The van der Waals surface area contributed by atoms with Crippen LogP contribution in [0, 0.1) is 12.8 Å². The Morgan fingerprint density at radius 2 is 1.97 bits per heavy atom. The second kappa shape index (κ2) is 8.05. The van der Waals surface area contributed by atoms with Crippen molar-refractivity contribution in [1.82, 2.24) is 24.5 Å². The third-order valence-corrected chi connectivity index (χ3v) is 5.41. The van der Waals surface area contributed by atoms with E-state index < -0.39 is 5.60 Å². The predicted molar refractivity (Wildman–Crippen MR) is 115 cm³/mol. The standard InChI is InChI=1S/C23H29N5O2/c1-16-20(18-7-10-24-11-8-18)21-25-12-9-19(28(21)26-16)14-17-6-5-13-27(15-17)22(29)30-23(2,3)4/h7-12,17H,5-6,13-15H2,1-4H3. The number of hydrogen-bond acceptors (Lipinski definition) is 5. The molecule has 3 aromatic heterocycles. The van der Waals surface area contributed by atoms with Gasteiger partial charge < -0.3 is 9.64 Å². The van der Waals surface area contributed by atoms with E-state index in [0.717, 1.165) is 54.0 Å². The van der Waals surface area contributed by atoms with Gasteiger partial charge in [-0.3, -0.25) is 4.98 Å². The van der Waals surface area contributed by atoms with Crippen LogP contribution >= 0.6 is 0 Å². The Hall–Kier alpha value is -2.96. The first-order valence-electron chi connectivity index (χ1n) is 10.5. The minimum absolute atomic E-state index is 0.220. The Balaban J connectivity index is 1.57. The lowest BCUT2D eigenvalue weighted by atomic mass is 9.93. The van der Waals surface area contributed by atoms with Gasteiger partial charge in [0, 0.05) is 42.9 Å². The van der Waals surface area contributed by atoms with Gasteiger partial charge in [-0.05, 0) is 76.6 Å². The first-order valence-corrected chi connectivity index (χ1v) is 10.5. The van der Waals surface area contributed by atoms with Gasteiger partial charge in [0.2, 0.25) is 0 Å². The van der Waals surface area contributed by atoms with E-state index in [0.29, 0.717) is 12.5 Å². The highest BCUT2D eigenvalue weighted by molar-refractivity contribution is 5.79. The van der Waals surface area contributed by atoms with Crippen molar-refractivity contribution in [2.24, 2.45) is 5.92 Å². The molecule has 0 saturated carbocycles. The van der Waals surface area contributed by atoms with Crippen molar-refractivity contribution in [3.05, 3.63) is 48.2 Å². The molecule has 1 aliphatic heterocycles. The Morgan fingerprint density at radius 1 is 1.20 bits per heavy atom. The van der Waals surface area contributed by atoms with Crippen LogP contribution in [-0.4, -0.2) is 49.3 Å². The molecule has 3 aromatic rings. The summed E-state index contributed by atoms with van der Waals surface area (Å²) in [4.78, 5) is 23.1. The number of aryl methyl sites for hydroxylation is 1. The molecule has 30 heavy (non-hydrogen) atoms. The minimum atomic E-state index is -0.475. The Bertz CT molecular complexity index is 1040. The summed E-state index contributed by atoms with van der Waals surface area (Å²) in [5.41, 5.74) is 4.54. The zero-order chi connectivity index (χ0) is 21.3. The van der Waals surface area contributed by atoms with E-state index in [1.807, 2.05) is 61.5 Å². The number of piperidine rings is 1.